The highest BCUT2D eigenvalue weighted by Crippen LogP contribution is 2.42. The molecule has 1 aromatic carbocycles. The smallest absolute Gasteiger partial charge is 0.203 e. The summed E-state index contributed by atoms with van der Waals surface area (Å²) in [7, 11) is 2.73. The number of hydrogen-bond acceptors (Lipinski definition) is 5. The third-order valence-corrected chi connectivity index (χ3v) is 2.54. The quantitative estimate of drug-likeness (QED) is 0.836. The molecule has 0 atom stereocenters. The molecule has 0 bridgehead atoms. The molecule has 0 fully saturated rings. The van der Waals surface area contributed by atoms with Gasteiger partial charge in [0, 0.05) is 5.56 Å². The third-order valence-electron chi connectivity index (χ3n) is 2.54. The average Bonchev–Trinajstić information content (AvgIpc) is 2.33. The molecule has 0 radical (unpaired) electrons. The Bertz CT molecular complexity index is 542. The molecule has 88 valence electrons. The molecule has 0 amide bonds. The van der Waals surface area contributed by atoms with Crippen LogP contribution in [0.15, 0.2) is 18.2 Å². The second-order valence-corrected chi connectivity index (χ2v) is 3.45. The van der Waals surface area contributed by atoms with E-state index in [4.69, 9.17) is 9.47 Å². The Balaban J connectivity index is 2.78. The summed E-state index contributed by atoms with van der Waals surface area (Å²) >= 11 is 0. The zero-order valence-corrected chi connectivity index (χ0v) is 9.31. The van der Waals surface area contributed by atoms with Gasteiger partial charge in [0.15, 0.2) is 23.1 Å². The van der Waals surface area contributed by atoms with Crippen LogP contribution in [0.25, 0.3) is 0 Å². The van der Waals surface area contributed by atoms with Gasteiger partial charge in [-0.3, -0.25) is 9.59 Å². The lowest BCUT2D eigenvalue weighted by Gasteiger charge is -2.16. The van der Waals surface area contributed by atoms with Gasteiger partial charge in [-0.25, -0.2) is 0 Å². The summed E-state index contributed by atoms with van der Waals surface area (Å²) in [6.07, 6.45) is 2.28. The van der Waals surface area contributed by atoms with Crippen LogP contribution in [-0.2, 0) is 0 Å². The summed E-state index contributed by atoms with van der Waals surface area (Å²) in [5.41, 5.74) is 0.0720. The molecule has 1 aliphatic rings. The SMILES string of the molecule is COc1cc2c(c(O)c1OC)C(=O)C=CC2=O. The van der Waals surface area contributed by atoms with Crippen LogP contribution in [0.1, 0.15) is 20.7 Å². The van der Waals surface area contributed by atoms with Crippen molar-refractivity contribution in [2.75, 3.05) is 14.2 Å². The molecular formula is C12H10O5. The van der Waals surface area contributed by atoms with Crippen molar-refractivity contribution >= 4 is 11.6 Å². The van der Waals surface area contributed by atoms with E-state index in [0.717, 1.165) is 12.2 Å². The van der Waals surface area contributed by atoms with Crippen molar-refractivity contribution in [2.24, 2.45) is 0 Å². The number of ketones is 2. The van der Waals surface area contributed by atoms with Crippen LogP contribution in [0.4, 0.5) is 0 Å². The second kappa shape index (κ2) is 3.93. The summed E-state index contributed by atoms with van der Waals surface area (Å²) in [6, 6.07) is 1.39. The number of carbonyl (C=O) groups excluding carboxylic acids is 2. The Morgan fingerprint density at radius 2 is 1.71 bits per heavy atom. The molecule has 0 aliphatic heterocycles. The molecule has 5 nitrogen and oxygen atoms in total. The van der Waals surface area contributed by atoms with E-state index in [0.29, 0.717) is 0 Å². The van der Waals surface area contributed by atoms with Gasteiger partial charge in [-0.15, -0.1) is 0 Å². The van der Waals surface area contributed by atoms with E-state index in [1.54, 1.807) is 0 Å². The summed E-state index contributed by atoms with van der Waals surface area (Å²) in [6.45, 7) is 0. The maximum Gasteiger partial charge on any atom is 0.203 e. The van der Waals surface area contributed by atoms with Crippen molar-refractivity contribution in [1.82, 2.24) is 0 Å². The first-order chi connectivity index (χ1) is 8.10. The highest BCUT2D eigenvalue weighted by molar-refractivity contribution is 6.23. The van der Waals surface area contributed by atoms with Crippen LogP contribution in [0.3, 0.4) is 0 Å². The summed E-state index contributed by atoms with van der Waals surface area (Å²) in [5, 5.41) is 9.92. The van der Waals surface area contributed by atoms with Gasteiger partial charge in [0.1, 0.15) is 0 Å². The van der Waals surface area contributed by atoms with E-state index in [9.17, 15) is 14.7 Å². The van der Waals surface area contributed by atoms with Crippen LogP contribution < -0.4 is 9.47 Å². The number of fused-ring (bicyclic) bond motifs is 1. The number of methoxy groups -OCH3 is 2. The molecular weight excluding hydrogens is 224 g/mol. The van der Waals surface area contributed by atoms with Gasteiger partial charge in [-0.2, -0.15) is 0 Å². The molecule has 2 rings (SSSR count). The van der Waals surface area contributed by atoms with E-state index in [-0.39, 0.29) is 34.2 Å². The molecule has 0 unspecified atom stereocenters. The normalized spacial score (nSPS) is 13.5. The lowest BCUT2D eigenvalue weighted by atomic mass is 9.93. The van der Waals surface area contributed by atoms with Crippen molar-refractivity contribution in [2.45, 2.75) is 0 Å². The number of allylic oxidation sites excluding steroid dienone is 2. The van der Waals surface area contributed by atoms with Crippen LogP contribution >= 0.6 is 0 Å². The highest BCUT2D eigenvalue weighted by Gasteiger charge is 2.28. The Labute approximate surface area is 97.3 Å². The number of rotatable bonds is 2. The van der Waals surface area contributed by atoms with Crippen molar-refractivity contribution in [3.8, 4) is 17.2 Å². The van der Waals surface area contributed by atoms with Crippen molar-refractivity contribution in [1.29, 1.82) is 0 Å². The maximum absolute atomic E-state index is 11.6. The van der Waals surface area contributed by atoms with Crippen LogP contribution in [0, 0.1) is 0 Å². The second-order valence-electron chi connectivity index (χ2n) is 3.45. The Morgan fingerprint density at radius 1 is 1.06 bits per heavy atom. The fourth-order valence-corrected chi connectivity index (χ4v) is 1.74. The maximum atomic E-state index is 11.6. The van der Waals surface area contributed by atoms with E-state index in [1.807, 2.05) is 0 Å². The van der Waals surface area contributed by atoms with Crippen molar-refractivity contribution < 1.29 is 24.2 Å². The van der Waals surface area contributed by atoms with Crippen LogP contribution in [0.2, 0.25) is 0 Å². The molecule has 0 spiro atoms. The predicted octanol–water partition coefficient (Wildman–Crippen LogP) is 1.34. The third kappa shape index (κ3) is 1.56. The molecule has 0 saturated carbocycles. The lowest BCUT2D eigenvalue weighted by molar-refractivity contribution is 0.0990. The number of phenolic OH excluding ortho intramolecular Hbond substituents is 1. The number of aromatic hydroxyl groups is 1. The molecule has 17 heavy (non-hydrogen) atoms. The van der Waals surface area contributed by atoms with Crippen molar-refractivity contribution in [3.63, 3.8) is 0 Å². The van der Waals surface area contributed by atoms with Gasteiger partial charge < -0.3 is 14.6 Å². The van der Waals surface area contributed by atoms with Crippen LogP contribution in [-0.4, -0.2) is 30.9 Å². The first-order valence-electron chi connectivity index (χ1n) is 4.84. The number of hydrogen-bond donors (Lipinski definition) is 1. The van der Waals surface area contributed by atoms with E-state index in [2.05, 4.69) is 0 Å². The van der Waals surface area contributed by atoms with Gasteiger partial charge in [-0.1, -0.05) is 0 Å². The zero-order chi connectivity index (χ0) is 12.6. The summed E-state index contributed by atoms with van der Waals surface area (Å²) in [5.74, 6) is -0.902. The molecule has 1 aromatic rings. The molecule has 1 aliphatic carbocycles. The minimum atomic E-state index is -0.432. The van der Waals surface area contributed by atoms with Crippen LogP contribution in [0.5, 0.6) is 17.2 Å². The minimum Gasteiger partial charge on any atom is -0.504 e. The van der Waals surface area contributed by atoms with E-state index >= 15 is 0 Å². The Hall–Kier alpha value is -2.30. The molecule has 0 heterocycles. The fraction of sp³-hybridized carbons (Fsp3) is 0.167. The zero-order valence-electron chi connectivity index (χ0n) is 9.31. The minimum absolute atomic E-state index is 0.0442. The summed E-state index contributed by atoms with van der Waals surface area (Å²) in [4.78, 5) is 23.2. The van der Waals surface area contributed by atoms with Gasteiger partial charge in [-0.05, 0) is 18.2 Å². The predicted molar refractivity (Wildman–Crippen MR) is 59.0 cm³/mol. The largest absolute Gasteiger partial charge is 0.504 e. The number of ether oxygens (including phenoxy) is 2. The first-order valence-corrected chi connectivity index (χ1v) is 4.84. The van der Waals surface area contributed by atoms with Gasteiger partial charge >= 0.3 is 0 Å². The Morgan fingerprint density at radius 3 is 2.29 bits per heavy atom. The standard InChI is InChI=1S/C12H10O5/c1-16-9-5-6-7(13)3-4-8(14)10(6)11(15)12(9)17-2/h3-5,15H,1-2H3. The van der Waals surface area contributed by atoms with Gasteiger partial charge in [0.2, 0.25) is 5.75 Å². The van der Waals surface area contributed by atoms with E-state index in [1.165, 1.54) is 20.3 Å². The van der Waals surface area contributed by atoms with E-state index < -0.39 is 5.78 Å². The van der Waals surface area contributed by atoms with Gasteiger partial charge in [0.25, 0.3) is 0 Å². The van der Waals surface area contributed by atoms with Gasteiger partial charge in [0.05, 0.1) is 19.8 Å². The first kappa shape index (κ1) is 11.2. The monoisotopic (exact) mass is 234 g/mol. The topological polar surface area (TPSA) is 72.8 Å². The van der Waals surface area contributed by atoms with Crippen molar-refractivity contribution in [3.05, 3.63) is 29.3 Å². The molecule has 0 saturated heterocycles. The number of phenols is 1. The molecule has 0 aromatic heterocycles. The Kier molecular flexibility index (Phi) is 2.59. The molecule has 1 N–H and O–H groups in total. The molecule has 5 heteroatoms. The average molecular weight is 234 g/mol. The highest BCUT2D eigenvalue weighted by atomic mass is 16.5. The lowest BCUT2D eigenvalue weighted by Crippen LogP contribution is -2.12. The fourth-order valence-electron chi connectivity index (χ4n) is 1.74. The number of benzene rings is 1. The summed E-state index contributed by atoms with van der Waals surface area (Å²) < 4.78 is 9.95. The number of carbonyl (C=O) groups is 2.